The van der Waals surface area contributed by atoms with Crippen LogP contribution in [0.4, 0.5) is 0 Å². The van der Waals surface area contributed by atoms with Crippen molar-refractivity contribution in [3.05, 3.63) is 51.2 Å². The SMILES string of the molecule is N#Cc1ccc(S(=O)(=O)NCC(O)c2ccsc2)cc1Cl. The number of sulfonamides is 1. The summed E-state index contributed by atoms with van der Waals surface area (Å²) in [6, 6.07) is 7.42. The van der Waals surface area contributed by atoms with Crippen molar-refractivity contribution in [2.45, 2.75) is 11.0 Å². The van der Waals surface area contributed by atoms with E-state index >= 15 is 0 Å². The average Bonchev–Trinajstić information content (AvgIpc) is 2.99. The van der Waals surface area contributed by atoms with Gasteiger partial charge >= 0.3 is 0 Å². The number of nitriles is 1. The van der Waals surface area contributed by atoms with Gasteiger partial charge in [0.15, 0.2) is 0 Å². The first kappa shape index (κ1) is 15.9. The maximum absolute atomic E-state index is 12.1. The molecule has 1 heterocycles. The fourth-order valence-corrected chi connectivity index (χ4v) is 3.67. The predicted octanol–water partition coefficient (Wildman–Crippen LogP) is 2.29. The van der Waals surface area contributed by atoms with E-state index in [0.717, 1.165) is 0 Å². The molecule has 0 fully saturated rings. The lowest BCUT2D eigenvalue weighted by molar-refractivity contribution is 0.182. The summed E-state index contributed by atoms with van der Waals surface area (Å²) in [7, 11) is -3.79. The van der Waals surface area contributed by atoms with E-state index in [1.54, 1.807) is 16.8 Å². The fraction of sp³-hybridized carbons (Fsp3) is 0.154. The molecule has 2 N–H and O–H groups in total. The lowest BCUT2D eigenvalue weighted by atomic mass is 10.2. The maximum Gasteiger partial charge on any atom is 0.240 e. The molecule has 2 rings (SSSR count). The first-order valence-corrected chi connectivity index (χ1v) is 8.64. The summed E-state index contributed by atoms with van der Waals surface area (Å²) >= 11 is 7.24. The number of benzene rings is 1. The zero-order valence-corrected chi connectivity index (χ0v) is 13.0. The Morgan fingerprint density at radius 2 is 2.19 bits per heavy atom. The van der Waals surface area contributed by atoms with Gasteiger partial charge in [-0.1, -0.05) is 11.6 Å². The quantitative estimate of drug-likeness (QED) is 0.872. The standard InChI is InChI=1S/C13H11ClN2O3S2/c14-12-5-11(2-1-9(12)6-15)21(18,19)16-7-13(17)10-3-4-20-8-10/h1-5,8,13,16-17H,7H2. The van der Waals surface area contributed by atoms with Crippen molar-refractivity contribution in [1.82, 2.24) is 4.72 Å². The van der Waals surface area contributed by atoms with Gasteiger partial charge in [-0.15, -0.1) is 0 Å². The highest BCUT2D eigenvalue weighted by Crippen LogP contribution is 2.21. The molecule has 1 unspecified atom stereocenters. The van der Waals surface area contributed by atoms with E-state index in [0.29, 0.717) is 5.56 Å². The molecule has 8 heteroatoms. The number of hydrogen-bond acceptors (Lipinski definition) is 5. The molecule has 0 aliphatic carbocycles. The van der Waals surface area contributed by atoms with E-state index in [9.17, 15) is 13.5 Å². The van der Waals surface area contributed by atoms with Crippen molar-refractivity contribution in [3.63, 3.8) is 0 Å². The van der Waals surface area contributed by atoms with Crippen LogP contribution in [0.3, 0.4) is 0 Å². The fourth-order valence-electron chi connectivity index (χ4n) is 1.61. The van der Waals surface area contributed by atoms with Crippen LogP contribution in [-0.2, 0) is 10.0 Å². The topological polar surface area (TPSA) is 90.2 Å². The van der Waals surface area contributed by atoms with Gasteiger partial charge < -0.3 is 5.11 Å². The van der Waals surface area contributed by atoms with Crippen LogP contribution >= 0.6 is 22.9 Å². The largest absolute Gasteiger partial charge is 0.387 e. The van der Waals surface area contributed by atoms with Gasteiger partial charge in [0.05, 0.1) is 21.6 Å². The van der Waals surface area contributed by atoms with Crippen molar-refractivity contribution in [1.29, 1.82) is 5.26 Å². The number of aliphatic hydroxyl groups excluding tert-OH is 1. The Kier molecular flexibility index (Phi) is 4.98. The molecule has 110 valence electrons. The van der Waals surface area contributed by atoms with Crippen molar-refractivity contribution < 1.29 is 13.5 Å². The normalized spacial score (nSPS) is 12.8. The third kappa shape index (κ3) is 3.81. The number of thiophene rings is 1. The lowest BCUT2D eigenvalue weighted by Gasteiger charge is -2.11. The van der Waals surface area contributed by atoms with Crippen LogP contribution in [0.1, 0.15) is 17.2 Å². The summed E-state index contributed by atoms with van der Waals surface area (Å²) in [5, 5.41) is 22.2. The van der Waals surface area contributed by atoms with Crippen molar-refractivity contribution in [2.24, 2.45) is 0 Å². The van der Waals surface area contributed by atoms with Crippen LogP contribution in [0.15, 0.2) is 39.9 Å². The molecular weight excluding hydrogens is 332 g/mol. The van der Waals surface area contributed by atoms with Gasteiger partial charge in [-0.2, -0.15) is 16.6 Å². The monoisotopic (exact) mass is 342 g/mol. The third-order valence-electron chi connectivity index (χ3n) is 2.77. The molecule has 2 aromatic rings. The van der Waals surface area contributed by atoms with E-state index in [2.05, 4.69) is 4.72 Å². The van der Waals surface area contributed by atoms with E-state index in [1.165, 1.54) is 29.5 Å². The van der Waals surface area contributed by atoms with Crippen molar-refractivity contribution in [2.75, 3.05) is 6.54 Å². The molecule has 1 atom stereocenters. The van der Waals surface area contributed by atoms with E-state index in [-0.39, 0.29) is 22.0 Å². The van der Waals surface area contributed by atoms with Gasteiger partial charge in [-0.25, -0.2) is 13.1 Å². The zero-order valence-electron chi connectivity index (χ0n) is 10.7. The highest BCUT2D eigenvalue weighted by atomic mass is 35.5. The maximum atomic E-state index is 12.1. The summed E-state index contributed by atoms with van der Waals surface area (Å²) in [4.78, 5) is -0.0518. The van der Waals surface area contributed by atoms with E-state index in [4.69, 9.17) is 16.9 Å². The lowest BCUT2D eigenvalue weighted by Crippen LogP contribution is -2.28. The minimum absolute atomic E-state index is 0.0518. The molecule has 0 aliphatic rings. The average molecular weight is 343 g/mol. The number of nitrogens with zero attached hydrogens (tertiary/aromatic N) is 1. The second kappa shape index (κ2) is 6.56. The molecule has 0 saturated carbocycles. The molecular formula is C13H11ClN2O3S2. The van der Waals surface area contributed by atoms with Gasteiger partial charge in [0.1, 0.15) is 6.07 Å². The summed E-state index contributed by atoms with van der Waals surface area (Å²) in [6.45, 7) is -0.142. The van der Waals surface area contributed by atoms with Crippen LogP contribution in [0.25, 0.3) is 0 Å². The minimum Gasteiger partial charge on any atom is -0.387 e. The van der Waals surface area contributed by atoms with Gasteiger partial charge in [0.2, 0.25) is 10.0 Å². The Labute approximate surface area is 131 Å². The van der Waals surface area contributed by atoms with Gasteiger partial charge in [-0.3, -0.25) is 0 Å². The number of halogens is 1. The van der Waals surface area contributed by atoms with Gasteiger partial charge in [0.25, 0.3) is 0 Å². The highest BCUT2D eigenvalue weighted by molar-refractivity contribution is 7.89. The number of nitrogens with one attached hydrogen (secondary N) is 1. The van der Waals surface area contributed by atoms with Crippen LogP contribution in [-0.4, -0.2) is 20.1 Å². The van der Waals surface area contributed by atoms with Crippen LogP contribution in [0.2, 0.25) is 5.02 Å². The number of hydrogen-bond donors (Lipinski definition) is 2. The van der Waals surface area contributed by atoms with Crippen LogP contribution in [0.5, 0.6) is 0 Å². The van der Waals surface area contributed by atoms with Crippen LogP contribution in [0, 0.1) is 11.3 Å². The smallest absolute Gasteiger partial charge is 0.240 e. The van der Waals surface area contributed by atoms with Crippen LogP contribution < -0.4 is 4.72 Å². The molecule has 0 spiro atoms. The predicted molar refractivity (Wildman–Crippen MR) is 80.6 cm³/mol. The van der Waals surface area contributed by atoms with Crippen molar-refractivity contribution in [3.8, 4) is 6.07 Å². The molecule has 1 aromatic heterocycles. The second-order valence-electron chi connectivity index (χ2n) is 4.18. The molecule has 0 radical (unpaired) electrons. The molecule has 0 saturated heterocycles. The minimum atomic E-state index is -3.79. The summed E-state index contributed by atoms with van der Waals surface area (Å²) < 4.78 is 26.5. The van der Waals surface area contributed by atoms with E-state index in [1.807, 2.05) is 6.07 Å². The summed E-state index contributed by atoms with van der Waals surface area (Å²) in [5.41, 5.74) is 0.856. The highest BCUT2D eigenvalue weighted by Gasteiger charge is 2.18. The van der Waals surface area contributed by atoms with E-state index < -0.39 is 16.1 Å². The molecule has 1 aromatic carbocycles. The molecule has 5 nitrogen and oxygen atoms in total. The van der Waals surface area contributed by atoms with Gasteiger partial charge in [-0.05, 0) is 40.6 Å². The third-order valence-corrected chi connectivity index (χ3v) is 5.20. The Morgan fingerprint density at radius 3 is 2.76 bits per heavy atom. The summed E-state index contributed by atoms with van der Waals surface area (Å²) in [5.74, 6) is 0. The number of aliphatic hydroxyl groups is 1. The Balaban J connectivity index is 2.12. The molecule has 0 aliphatic heterocycles. The zero-order chi connectivity index (χ0) is 15.5. The first-order chi connectivity index (χ1) is 9.94. The number of rotatable bonds is 5. The Bertz CT molecular complexity index is 767. The Morgan fingerprint density at radius 1 is 1.43 bits per heavy atom. The Hall–Kier alpha value is -1.43. The summed E-state index contributed by atoms with van der Waals surface area (Å²) in [6.07, 6.45) is -0.917. The van der Waals surface area contributed by atoms with Gasteiger partial charge in [0, 0.05) is 6.54 Å². The molecule has 0 bridgehead atoms. The molecule has 0 amide bonds. The molecule has 21 heavy (non-hydrogen) atoms. The van der Waals surface area contributed by atoms with Crippen molar-refractivity contribution >= 4 is 33.0 Å². The second-order valence-corrected chi connectivity index (χ2v) is 7.13. The first-order valence-electron chi connectivity index (χ1n) is 5.83.